The molecule has 3 aliphatic rings. The number of urea groups is 1. The smallest absolute Gasteiger partial charge is 0.325 e. The number of fused-ring (bicyclic) bond motifs is 2. The van der Waals surface area contributed by atoms with Crippen molar-refractivity contribution in [2.75, 3.05) is 18.1 Å². The summed E-state index contributed by atoms with van der Waals surface area (Å²) < 4.78 is 23.4. The van der Waals surface area contributed by atoms with E-state index in [0.717, 1.165) is 28.9 Å². The lowest BCUT2D eigenvalue weighted by Gasteiger charge is -2.33. The number of nitrogens with one attached hydrogen (secondary N) is 2. The monoisotopic (exact) mass is 405 g/mol. The first-order valence-corrected chi connectivity index (χ1v) is 11.2. The summed E-state index contributed by atoms with van der Waals surface area (Å²) in [6, 6.07) is 6.94. The van der Waals surface area contributed by atoms with E-state index < -0.39 is 45.3 Å². The zero-order valence-electron chi connectivity index (χ0n) is 15.7. The fourth-order valence-corrected chi connectivity index (χ4v) is 6.68. The van der Waals surface area contributed by atoms with Crippen molar-refractivity contribution in [3.63, 3.8) is 0 Å². The minimum absolute atomic E-state index is 0.0206. The number of hydrogen-bond acceptors (Lipinski definition) is 5. The number of imide groups is 1. The molecule has 2 atom stereocenters. The van der Waals surface area contributed by atoms with Crippen molar-refractivity contribution in [3.8, 4) is 0 Å². The first kappa shape index (κ1) is 18.9. The molecule has 8 nitrogen and oxygen atoms in total. The summed E-state index contributed by atoms with van der Waals surface area (Å²) in [7, 11) is -3.18. The Balaban J connectivity index is 1.52. The summed E-state index contributed by atoms with van der Waals surface area (Å²) in [6.45, 7) is 1.24. The highest BCUT2D eigenvalue weighted by Crippen LogP contribution is 2.39. The van der Waals surface area contributed by atoms with Crippen molar-refractivity contribution in [2.45, 2.75) is 43.7 Å². The van der Waals surface area contributed by atoms with E-state index in [9.17, 15) is 22.8 Å². The average Bonchev–Trinajstić information content (AvgIpc) is 3.03. The molecule has 2 fully saturated rings. The van der Waals surface area contributed by atoms with Crippen LogP contribution in [0.25, 0.3) is 0 Å². The third kappa shape index (κ3) is 3.07. The van der Waals surface area contributed by atoms with Gasteiger partial charge in [0.05, 0.1) is 17.0 Å². The van der Waals surface area contributed by atoms with Crippen LogP contribution in [0, 0.1) is 0 Å². The van der Waals surface area contributed by atoms with Crippen molar-refractivity contribution in [1.82, 2.24) is 15.5 Å². The van der Waals surface area contributed by atoms with Crippen molar-refractivity contribution in [1.29, 1.82) is 0 Å². The molecule has 28 heavy (non-hydrogen) atoms. The quantitative estimate of drug-likeness (QED) is 0.710. The Kier molecular flexibility index (Phi) is 4.26. The first-order chi connectivity index (χ1) is 13.1. The lowest BCUT2D eigenvalue weighted by atomic mass is 9.76. The Morgan fingerprint density at radius 3 is 2.71 bits per heavy atom. The lowest BCUT2D eigenvalue weighted by Crippen LogP contribution is -2.51. The SMILES string of the molecule is C[C@]1(NC(=O)CN2C(=O)N[C@]3(CCCc4ccccc43)C2=O)CCS(=O)(=O)C1. The molecule has 0 unspecified atom stereocenters. The Bertz CT molecular complexity index is 976. The van der Waals surface area contributed by atoms with Gasteiger partial charge in [0.25, 0.3) is 5.91 Å². The van der Waals surface area contributed by atoms with E-state index in [1.165, 1.54) is 0 Å². The van der Waals surface area contributed by atoms with Crippen molar-refractivity contribution in [2.24, 2.45) is 0 Å². The maximum absolute atomic E-state index is 13.2. The van der Waals surface area contributed by atoms with Crippen LogP contribution < -0.4 is 10.6 Å². The van der Waals surface area contributed by atoms with Gasteiger partial charge >= 0.3 is 6.03 Å². The van der Waals surface area contributed by atoms with Gasteiger partial charge in [0.1, 0.15) is 12.1 Å². The Labute approximate surface area is 163 Å². The highest BCUT2D eigenvalue weighted by molar-refractivity contribution is 7.91. The van der Waals surface area contributed by atoms with Gasteiger partial charge in [0.2, 0.25) is 5.91 Å². The normalized spacial score (nSPS) is 31.0. The van der Waals surface area contributed by atoms with Gasteiger partial charge in [-0.2, -0.15) is 0 Å². The summed E-state index contributed by atoms with van der Waals surface area (Å²) >= 11 is 0. The van der Waals surface area contributed by atoms with Crippen molar-refractivity contribution in [3.05, 3.63) is 35.4 Å². The second kappa shape index (κ2) is 6.30. The first-order valence-electron chi connectivity index (χ1n) is 9.38. The lowest BCUT2D eigenvalue weighted by molar-refractivity contribution is -0.136. The number of rotatable bonds is 3. The minimum atomic E-state index is -3.18. The Morgan fingerprint density at radius 2 is 2.00 bits per heavy atom. The number of nitrogens with zero attached hydrogens (tertiary/aromatic N) is 1. The molecule has 0 radical (unpaired) electrons. The molecule has 2 N–H and O–H groups in total. The summed E-state index contributed by atoms with van der Waals surface area (Å²) in [6.07, 6.45) is 2.41. The predicted molar refractivity (Wildman–Crippen MR) is 101 cm³/mol. The second-order valence-electron chi connectivity index (χ2n) is 8.19. The van der Waals surface area contributed by atoms with E-state index >= 15 is 0 Å². The average molecular weight is 405 g/mol. The summed E-state index contributed by atoms with van der Waals surface area (Å²) in [5.74, 6) is -1.08. The molecular formula is C19H23N3O5S. The van der Waals surface area contributed by atoms with Gasteiger partial charge in [-0.15, -0.1) is 0 Å². The van der Waals surface area contributed by atoms with Gasteiger partial charge in [0, 0.05) is 0 Å². The van der Waals surface area contributed by atoms with Crippen molar-refractivity contribution >= 4 is 27.7 Å². The molecule has 0 saturated carbocycles. The van der Waals surface area contributed by atoms with Gasteiger partial charge in [0.15, 0.2) is 9.84 Å². The maximum Gasteiger partial charge on any atom is 0.325 e. The van der Waals surface area contributed by atoms with Crippen LogP contribution in [0.2, 0.25) is 0 Å². The van der Waals surface area contributed by atoms with Crippen LogP contribution in [0.4, 0.5) is 4.79 Å². The third-order valence-corrected chi connectivity index (χ3v) is 7.80. The summed E-state index contributed by atoms with van der Waals surface area (Å²) in [4.78, 5) is 39.2. The molecule has 4 rings (SSSR count). The van der Waals surface area contributed by atoms with Gasteiger partial charge in [-0.1, -0.05) is 24.3 Å². The molecule has 2 saturated heterocycles. The topological polar surface area (TPSA) is 113 Å². The van der Waals surface area contributed by atoms with Crippen LogP contribution in [-0.4, -0.2) is 54.8 Å². The number of benzene rings is 1. The standard InChI is InChI=1S/C19H23N3O5S/c1-18(9-10-28(26,27)12-18)20-15(23)11-22-16(24)19(21-17(22)25)8-4-6-13-5-2-3-7-14(13)19/h2-3,5,7H,4,6,8-12H2,1H3,(H,20,23)(H,21,25)/t18-,19-/m0/s1. The molecule has 2 aliphatic heterocycles. The zero-order valence-corrected chi connectivity index (χ0v) is 16.5. The number of carbonyl (C=O) groups is 3. The van der Waals surface area contributed by atoms with Gasteiger partial charge < -0.3 is 10.6 Å². The maximum atomic E-state index is 13.2. The molecule has 1 aromatic carbocycles. The number of hydrogen-bond donors (Lipinski definition) is 2. The molecule has 0 bridgehead atoms. The van der Waals surface area contributed by atoms with E-state index in [-0.39, 0.29) is 11.5 Å². The van der Waals surface area contributed by atoms with Gasteiger partial charge in [-0.05, 0) is 43.7 Å². The molecule has 1 spiro atoms. The van der Waals surface area contributed by atoms with Gasteiger partial charge in [-0.3, -0.25) is 14.5 Å². The molecule has 0 aromatic heterocycles. The van der Waals surface area contributed by atoms with Crippen LogP contribution in [-0.2, 0) is 31.4 Å². The molecule has 4 amide bonds. The number of amides is 4. The van der Waals surface area contributed by atoms with Crippen LogP contribution in [0.15, 0.2) is 24.3 Å². The fraction of sp³-hybridized carbons (Fsp3) is 0.526. The highest BCUT2D eigenvalue weighted by Gasteiger charge is 2.54. The molecular weight excluding hydrogens is 382 g/mol. The van der Waals surface area contributed by atoms with E-state index in [0.29, 0.717) is 12.8 Å². The summed E-state index contributed by atoms with van der Waals surface area (Å²) in [5.41, 5.74) is -0.175. The van der Waals surface area contributed by atoms with Crippen molar-refractivity contribution < 1.29 is 22.8 Å². The largest absolute Gasteiger partial charge is 0.348 e. The molecule has 9 heteroatoms. The third-order valence-electron chi connectivity index (χ3n) is 5.90. The predicted octanol–water partition coefficient (Wildman–Crippen LogP) is 0.463. The van der Waals surface area contributed by atoms with Crippen LogP contribution >= 0.6 is 0 Å². The Morgan fingerprint density at radius 1 is 1.25 bits per heavy atom. The fourth-order valence-electron chi connectivity index (χ4n) is 4.58. The molecule has 150 valence electrons. The van der Waals surface area contributed by atoms with Crippen LogP contribution in [0.3, 0.4) is 0 Å². The minimum Gasteiger partial charge on any atom is -0.348 e. The van der Waals surface area contributed by atoms with E-state index in [1.54, 1.807) is 6.92 Å². The number of sulfone groups is 1. The van der Waals surface area contributed by atoms with E-state index in [1.807, 2.05) is 24.3 Å². The number of aryl methyl sites for hydroxylation is 1. The van der Waals surface area contributed by atoms with Gasteiger partial charge in [-0.25, -0.2) is 13.2 Å². The molecule has 2 heterocycles. The second-order valence-corrected chi connectivity index (χ2v) is 10.4. The highest BCUT2D eigenvalue weighted by atomic mass is 32.2. The Hall–Kier alpha value is -2.42. The van der Waals surface area contributed by atoms with E-state index in [4.69, 9.17) is 0 Å². The molecule has 1 aliphatic carbocycles. The van der Waals surface area contributed by atoms with Crippen LogP contribution in [0.1, 0.15) is 37.3 Å². The molecule has 1 aromatic rings. The van der Waals surface area contributed by atoms with E-state index in [2.05, 4.69) is 10.6 Å². The van der Waals surface area contributed by atoms with Crippen LogP contribution in [0.5, 0.6) is 0 Å². The number of carbonyl (C=O) groups excluding carboxylic acids is 3. The summed E-state index contributed by atoms with van der Waals surface area (Å²) in [5, 5.41) is 5.51. The zero-order chi connectivity index (χ0) is 20.2.